The lowest BCUT2D eigenvalue weighted by Crippen LogP contribution is -2.40. The molecule has 7 heteroatoms. The van der Waals surface area contributed by atoms with E-state index in [0.717, 1.165) is 33.6 Å². The molecule has 3 aromatic rings. The van der Waals surface area contributed by atoms with Crippen LogP contribution in [0, 0.1) is 39.5 Å². The molecule has 2 amide bonds. The van der Waals surface area contributed by atoms with Gasteiger partial charge in [-0.15, -0.1) is 0 Å². The Morgan fingerprint density at radius 2 is 1.16 bits per heavy atom. The van der Waals surface area contributed by atoms with E-state index in [4.69, 9.17) is 0 Å². The van der Waals surface area contributed by atoms with Crippen LogP contribution in [0.3, 0.4) is 0 Å². The first-order chi connectivity index (χ1) is 18.1. The molecule has 38 heavy (non-hydrogen) atoms. The number of carbonyl (C=O) groups excluding carboxylic acids is 2. The van der Waals surface area contributed by atoms with E-state index in [2.05, 4.69) is 10.2 Å². The van der Waals surface area contributed by atoms with Crippen LogP contribution in [-0.4, -0.2) is 28.3 Å². The zero-order valence-corrected chi connectivity index (χ0v) is 22.6. The first-order valence-electron chi connectivity index (χ1n) is 12.8. The number of hydrogen-bond donors (Lipinski definition) is 1. The largest absolute Gasteiger partial charge is 0.508 e. The van der Waals surface area contributed by atoms with E-state index < -0.39 is 17.8 Å². The number of amides is 2. The third-order valence-electron chi connectivity index (χ3n) is 7.50. The Balaban J connectivity index is 1.59. The van der Waals surface area contributed by atoms with Gasteiger partial charge < -0.3 is 5.11 Å². The zero-order chi connectivity index (χ0) is 27.3. The summed E-state index contributed by atoms with van der Waals surface area (Å²) in [5, 5.41) is 22.6. The quantitative estimate of drug-likeness (QED) is 0.474. The molecule has 0 fully saturated rings. The number of hydrogen-bond acceptors (Lipinski definition) is 5. The molecule has 0 spiro atoms. The summed E-state index contributed by atoms with van der Waals surface area (Å²) in [5.41, 5.74) is 7.46. The van der Waals surface area contributed by atoms with Gasteiger partial charge in [-0.3, -0.25) is 9.59 Å². The summed E-state index contributed by atoms with van der Waals surface area (Å²) in [5.74, 6) is -2.32. The van der Waals surface area contributed by atoms with Gasteiger partial charge in [-0.1, -0.05) is 47.5 Å². The number of aromatic hydroxyl groups is 1. The second-order valence-corrected chi connectivity index (χ2v) is 10.4. The molecule has 0 saturated carbocycles. The van der Waals surface area contributed by atoms with Crippen molar-refractivity contribution in [2.45, 2.75) is 47.5 Å². The Kier molecular flexibility index (Phi) is 6.39. The van der Waals surface area contributed by atoms with Crippen molar-refractivity contribution in [2.24, 2.45) is 22.0 Å². The Morgan fingerprint density at radius 1 is 0.684 bits per heavy atom. The highest BCUT2D eigenvalue weighted by Crippen LogP contribution is 2.44. The van der Waals surface area contributed by atoms with Crippen molar-refractivity contribution in [3.63, 3.8) is 0 Å². The van der Waals surface area contributed by atoms with E-state index in [1.807, 2.05) is 84.0 Å². The van der Waals surface area contributed by atoms with Crippen LogP contribution in [0.1, 0.15) is 47.6 Å². The molecule has 0 bridgehead atoms. The van der Waals surface area contributed by atoms with Crippen molar-refractivity contribution in [2.75, 3.05) is 10.0 Å². The maximum absolute atomic E-state index is 14.1. The van der Waals surface area contributed by atoms with Crippen molar-refractivity contribution in [3.05, 3.63) is 88.5 Å². The highest BCUT2D eigenvalue weighted by Gasteiger charge is 2.50. The average Bonchev–Trinajstić information content (AvgIpc) is 3.30. The molecule has 2 heterocycles. The number of rotatable bonds is 5. The summed E-state index contributed by atoms with van der Waals surface area (Å²) in [6.07, 6.45) is 0. The molecular weight excluding hydrogens is 476 g/mol. The Bertz CT molecular complexity index is 1430. The second kappa shape index (κ2) is 9.56. The number of nitrogens with zero attached hydrogens (tertiary/aromatic N) is 4. The summed E-state index contributed by atoms with van der Waals surface area (Å²) in [6.45, 7) is 11.6. The lowest BCUT2D eigenvalue weighted by Gasteiger charge is -2.29. The minimum absolute atomic E-state index is 0.0741. The van der Waals surface area contributed by atoms with Gasteiger partial charge in [0.25, 0.3) is 11.8 Å². The lowest BCUT2D eigenvalue weighted by molar-refractivity contribution is -0.122. The molecular formula is C31H32N4O3. The van der Waals surface area contributed by atoms with Gasteiger partial charge >= 0.3 is 0 Å². The molecule has 0 saturated heterocycles. The molecule has 2 aliphatic heterocycles. The summed E-state index contributed by atoms with van der Waals surface area (Å²) in [7, 11) is 0. The van der Waals surface area contributed by atoms with Crippen LogP contribution >= 0.6 is 0 Å². The predicted molar refractivity (Wildman–Crippen MR) is 151 cm³/mol. The topological polar surface area (TPSA) is 85.6 Å². The van der Waals surface area contributed by atoms with Gasteiger partial charge in [-0.05, 0) is 82.5 Å². The van der Waals surface area contributed by atoms with Crippen molar-refractivity contribution in [1.82, 2.24) is 0 Å². The van der Waals surface area contributed by atoms with E-state index >= 15 is 0 Å². The van der Waals surface area contributed by atoms with E-state index in [1.165, 1.54) is 10.0 Å². The summed E-state index contributed by atoms with van der Waals surface area (Å²) in [4.78, 5) is 28.1. The number of phenolic OH excluding ortho intramolecular Hbond substituents is 1. The highest BCUT2D eigenvalue weighted by molar-refractivity contribution is 6.20. The van der Waals surface area contributed by atoms with Crippen LogP contribution < -0.4 is 10.0 Å². The SMILES string of the molecule is CC1=NN(c2ccc(C)cc2C)C(=O)[C@@H]1C(c1cccc(O)c1)[C@H]1C(=O)N(c2ccc(C)cc2C)N=C1C. The fraction of sp³-hybridized carbons (Fsp3) is 0.290. The first kappa shape index (κ1) is 25.4. The zero-order valence-electron chi connectivity index (χ0n) is 22.6. The summed E-state index contributed by atoms with van der Waals surface area (Å²) >= 11 is 0. The Hall–Kier alpha value is -4.26. The van der Waals surface area contributed by atoms with Gasteiger partial charge in [0.1, 0.15) is 5.75 Å². The van der Waals surface area contributed by atoms with E-state index in [9.17, 15) is 14.7 Å². The molecule has 7 nitrogen and oxygen atoms in total. The molecule has 0 aliphatic carbocycles. The molecule has 3 aromatic carbocycles. The van der Waals surface area contributed by atoms with Crippen LogP contribution in [-0.2, 0) is 9.59 Å². The van der Waals surface area contributed by atoms with Gasteiger partial charge in [0.05, 0.1) is 23.2 Å². The van der Waals surface area contributed by atoms with Crippen LogP contribution in [0.4, 0.5) is 11.4 Å². The highest BCUT2D eigenvalue weighted by atomic mass is 16.3. The van der Waals surface area contributed by atoms with Gasteiger partial charge in [0, 0.05) is 17.3 Å². The maximum Gasteiger partial charge on any atom is 0.256 e. The van der Waals surface area contributed by atoms with Crippen LogP contribution in [0.15, 0.2) is 70.9 Å². The van der Waals surface area contributed by atoms with Crippen LogP contribution in [0.5, 0.6) is 5.75 Å². The lowest BCUT2D eigenvalue weighted by atomic mass is 9.73. The van der Waals surface area contributed by atoms with E-state index in [1.54, 1.807) is 18.2 Å². The van der Waals surface area contributed by atoms with Crippen molar-refractivity contribution < 1.29 is 14.7 Å². The summed E-state index contributed by atoms with van der Waals surface area (Å²) in [6, 6.07) is 18.6. The monoisotopic (exact) mass is 508 g/mol. The summed E-state index contributed by atoms with van der Waals surface area (Å²) < 4.78 is 0. The third kappa shape index (κ3) is 4.28. The number of aryl methyl sites for hydroxylation is 4. The molecule has 1 N–H and O–H groups in total. The smallest absolute Gasteiger partial charge is 0.256 e. The van der Waals surface area contributed by atoms with E-state index in [-0.39, 0.29) is 17.6 Å². The fourth-order valence-corrected chi connectivity index (χ4v) is 5.73. The normalized spacial score (nSPS) is 19.4. The van der Waals surface area contributed by atoms with Gasteiger partial charge in [0.15, 0.2) is 0 Å². The molecule has 5 rings (SSSR count). The Labute approximate surface area is 223 Å². The van der Waals surface area contributed by atoms with Gasteiger partial charge in [-0.2, -0.15) is 20.2 Å². The molecule has 2 aliphatic rings. The number of phenols is 1. The number of carbonyl (C=O) groups is 2. The van der Waals surface area contributed by atoms with Crippen molar-refractivity contribution >= 4 is 34.6 Å². The van der Waals surface area contributed by atoms with Crippen molar-refractivity contribution in [1.29, 1.82) is 0 Å². The standard InChI is InChI=1S/C31H32N4O3/c1-17-10-12-25(19(3)14-17)34-30(37)27(21(5)32-34)29(23-8-7-9-24(36)16-23)28-22(6)33-35(31(28)38)26-13-11-18(2)15-20(26)4/h7-16,27-29,36H,1-6H3/t27-,28-/m0/s1. The number of anilines is 2. The maximum atomic E-state index is 14.1. The van der Waals surface area contributed by atoms with Crippen LogP contribution in [0.25, 0.3) is 0 Å². The third-order valence-corrected chi connectivity index (χ3v) is 7.50. The molecule has 0 aromatic heterocycles. The van der Waals surface area contributed by atoms with E-state index in [0.29, 0.717) is 17.0 Å². The van der Waals surface area contributed by atoms with Gasteiger partial charge in [0.2, 0.25) is 0 Å². The Morgan fingerprint density at radius 3 is 1.58 bits per heavy atom. The molecule has 194 valence electrons. The molecule has 0 radical (unpaired) electrons. The van der Waals surface area contributed by atoms with Crippen molar-refractivity contribution in [3.8, 4) is 5.75 Å². The minimum Gasteiger partial charge on any atom is -0.508 e. The first-order valence-corrected chi connectivity index (χ1v) is 12.8. The average molecular weight is 509 g/mol. The van der Waals surface area contributed by atoms with Crippen LogP contribution in [0.2, 0.25) is 0 Å². The second-order valence-electron chi connectivity index (χ2n) is 10.4. The van der Waals surface area contributed by atoms with Gasteiger partial charge in [-0.25, -0.2) is 0 Å². The molecule has 0 unspecified atom stereocenters. The minimum atomic E-state index is -0.698. The number of hydrazone groups is 2. The fourth-order valence-electron chi connectivity index (χ4n) is 5.73. The number of benzene rings is 3. The predicted octanol–water partition coefficient (Wildman–Crippen LogP) is 5.79. The molecule has 2 atom stereocenters.